The molecule has 0 heterocycles. The summed E-state index contributed by atoms with van der Waals surface area (Å²) >= 11 is 0. The van der Waals surface area contributed by atoms with Crippen molar-refractivity contribution in [1.29, 1.82) is 0 Å². The van der Waals surface area contributed by atoms with E-state index in [9.17, 15) is 18.0 Å². The maximum absolute atomic E-state index is 12.1. The van der Waals surface area contributed by atoms with E-state index >= 15 is 0 Å². The highest BCUT2D eigenvalue weighted by Gasteiger charge is 2.25. The topological polar surface area (TPSA) is 139 Å². The van der Waals surface area contributed by atoms with E-state index in [1.807, 2.05) is 0 Å². The molecule has 1 aromatic rings. The quantitative estimate of drug-likeness (QED) is 0.607. The Balaban J connectivity index is 3.15. The molecular formula is C12H17N3O5S. The van der Waals surface area contributed by atoms with Crippen LogP contribution in [-0.4, -0.2) is 31.1 Å². The monoisotopic (exact) mass is 315 g/mol. The number of nitrogens with two attached hydrogens (primary N) is 1. The summed E-state index contributed by atoms with van der Waals surface area (Å²) in [4.78, 5) is 22.2. The summed E-state index contributed by atoms with van der Waals surface area (Å²) in [6.07, 6.45) is 0. The molecule has 5 N–H and O–H groups in total. The second-order valence-electron chi connectivity index (χ2n) is 5.37. The molecule has 0 saturated heterocycles. The van der Waals surface area contributed by atoms with E-state index in [1.165, 1.54) is 6.07 Å². The van der Waals surface area contributed by atoms with Crippen LogP contribution >= 0.6 is 0 Å². The summed E-state index contributed by atoms with van der Waals surface area (Å²) in [7, 11) is -4.32. The third-order valence-electron chi connectivity index (χ3n) is 2.24. The molecule has 1 aromatic carbocycles. The molecule has 0 radical (unpaired) electrons. The summed E-state index contributed by atoms with van der Waals surface area (Å²) in [5.74, 6) is -1.46. The Bertz CT molecular complexity index is 677. The number of carbonyl (C=O) groups is 2. The smallest absolute Gasteiger partial charge is 0.337 e. The van der Waals surface area contributed by atoms with Crippen LogP contribution in [0.15, 0.2) is 23.1 Å². The van der Waals surface area contributed by atoms with Crippen molar-refractivity contribution >= 4 is 27.7 Å². The van der Waals surface area contributed by atoms with Crippen LogP contribution in [0.5, 0.6) is 0 Å². The van der Waals surface area contributed by atoms with Crippen LogP contribution in [0.4, 0.5) is 10.5 Å². The zero-order valence-electron chi connectivity index (χ0n) is 11.8. The average molecular weight is 315 g/mol. The maximum atomic E-state index is 12.1. The van der Waals surface area contributed by atoms with Gasteiger partial charge in [0, 0.05) is 11.2 Å². The molecule has 9 heteroatoms. The van der Waals surface area contributed by atoms with Gasteiger partial charge in [0.2, 0.25) is 0 Å². The third kappa shape index (κ3) is 4.63. The summed E-state index contributed by atoms with van der Waals surface area (Å²) in [6, 6.07) is 2.34. The number of aromatic carboxylic acids is 1. The number of anilines is 1. The fraction of sp³-hybridized carbons (Fsp3) is 0.333. The van der Waals surface area contributed by atoms with Gasteiger partial charge in [-0.05, 0) is 39.0 Å². The summed E-state index contributed by atoms with van der Waals surface area (Å²) < 4.78 is 25.9. The zero-order valence-corrected chi connectivity index (χ0v) is 12.6. The fourth-order valence-corrected chi connectivity index (χ4v) is 2.58. The predicted molar refractivity (Wildman–Crippen MR) is 76.4 cm³/mol. The van der Waals surface area contributed by atoms with Crippen LogP contribution in [0.25, 0.3) is 0 Å². The van der Waals surface area contributed by atoms with E-state index in [0.717, 1.165) is 12.1 Å². The average Bonchev–Trinajstić information content (AvgIpc) is 2.24. The van der Waals surface area contributed by atoms with Crippen molar-refractivity contribution in [1.82, 2.24) is 10.0 Å². The Morgan fingerprint density at radius 2 is 1.81 bits per heavy atom. The van der Waals surface area contributed by atoms with E-state index in [2.05, 4.69) is 5.32 Å². The number of carboxylic acid groups (broad SMARTS) is 1. The van der Waals surface area contributed by atoms with Crippen molar-refractivity contribution in [3.8, 4) is 0 Å². The standard InChI is InChI=1S/C12H17N3O5S/c1-12(2,3)14-11(18)15-21(19,20)9-5-4-7(13)6-8(9)10(16)17/h4-6H,13H2,1-3H3,(H,16,17)(H2,14,15,18). The van der Waals surface area contributed by atoms with Gasteiger partial charge in [0.15, 0.2) is 0 Å². The van der Waals surface area contributed by atoms with Crippen LogP contribution in [0.1, 0.15) is 31.1 Å². The molecule has 0 bridgehead atoms. The van der Waals surface area contributed by atoms with Crippen LogP contribution in [0.3, 0.4) is 0 Å². The maximum Gasteiger partial charge on any atom is 0.337 e. The highest BCUT2D eigenvalue weighted by molar-refractivity contribution is 7.90. The van der Waals surface area contributed by atoms with E-state index in [-0.39, 0.29) is 5.69 Å². The molecule has 0 aliphatic heterocycles. The number of hydrogen-bond acceptors (Lipinski definition) is 5. The number of hydrogen-bond donors (Lipinski definition) is 4. The van der Waals surface area contributed by atoms with Gasteiger partial charge in [-0.1, -0.05) is 0 Å². The number of carboxylic acids is 1. The molecule has 0 aliphatic carbocycles. The molecule has 21 heavy (non-hydrogen) atoms. The minimum atomic E-state index is -4.32. The van der Waals surface area contributed by atoms with E-state index in [1.54, 1.807) is 25.5 Å². The van der Waals surface area contributed by atoms with Gasteiger partial charge in [-0.15, -0.1) is 0 Å². The Morgan fingerprint density at radius 3 is 2.29 bits per heavy atom. The highest BCUT2D eigenvalue weighted by Crippen LogP contribution is 2.19. The number of nitrogen functional groups attached to an aromatic ring is 1. The van der Waals surface area contributed by atoms with Gasteiger partial charge in [0.1, 0.15) is 4.90 Å². The first-order valence-corrected chi connectivity index (χ1v) is 7.38. The van der Waals surface area contributed by atoms with Gasteiger partial charge < -0.3 is 16.2 Å². The van der Waals surface area contributed by atoms with Crippen molar-refractivity contribution in [2.75, 3.05) is 5.73 Å². The highest BCUT2D eigenvalue weighted by atomic mass is 32.2. The molecular weight excluding hydrogens is 298 g/mol. The second-order valence-corrected chi connectivity index (χ2v) is 7.02. The van der Waals surface area contributed by atoms with Gasteiger partial charge in [0.05, 0.1) is 5.56 Å². The van der Waals surface area contributed by atoms with Crippen LogP contribution < -0.4 is 15.8 Å². The minimum absolute atomic E-state index is 0.102. The van der Waals surface area contributed by atoms with Gasteiger partial charge >= 0.3 is 12.0 Å². The van der Waals surface area contributed by atoms with Crippen LogP contribution in [0.2, 0.25) is 0 Å². The van der Waals surface area contributed by atoms with Crippen molar-refractivity contribution < 1.29 is 23.1 Å². The lowest BCUT2D eigenvalue weighted by atomic mass is 10.1. The van der Waals surface area contributed by atoms with Gasteiger partial charge in [-0.2, -0.15) is 0 Å². The lowest BCUT2D eigenvalue weighted by Gasteiger charge is -2.20. The lowest BCUT2D eigenvalue weighted by Crippen LogP contribution is -2.48. The van der Waals surface area contributed by atoms with E-state index in [0.29, 0.717) is 0 Å². The Labute approximate surface area is 122 Å². The van der Waals surface area contributed by atoms with Crippen molar-refractivity contribution in [3.05, 3.63) is 23.8 Å². The number of rotatable bonds is 3. The van der Waals surface area contributed by atoms with E-state index < -0.39 is 38.0 Å². The molecule has 0 aliphatic rings. The first kappa shape index (κ1) is 16.8. The number of sulfonamides is 1. The third-order valence-corrected chi connectivity index (χ3v) is 3.63. The molecule has 0 saturated carbocycles. The Morgan fingerprint density at radius 1 is 1.24 bits per heavy atom. The molecule has 1 rings (SSSR count). The van der Waals surface area contributed by atoms with Crippen LogP contribution in [0, 0.1) is 0 Å². The SMILES string of the molecule is CC(C)(C)NC(=O)NS(=O)(=O)c1ccc(N)cc1C(=O)O. The Kier molecular flexibility index (Phi) is 4.47. The Hall–Kier alpha value is -2.29. The fourth-order valence-electron chi connectivity index (χ4n) is 1.49. The van der Waals surface area contributed by atoms with Crippen LogP contribution in [-0.2, 0) is 10.0 Å². The first-order valence-electron chi connectivity index (χ1n) is 5.90. The predicted octanol–water partition coefficient (Wildman–Crippen LogP) is 0.753. The number of urea groups is 1. The molecule has 0 unspecified atom stereocenters. The number of benzene rings is 1. The molecule has 8 nitrogen and oxygen atoms in total. The molecule has 0 fully saturated rings. The number of carbonyl (C=O) groups excluding carboxylic acids is 1. The molecule has 116 valence electrons. The minimum Gasteiger partial charge on any atom is -0.478 e. The van der Waals surface area contributed by atoms with Crippen molar-refractivity contribution in [2.24, 2.45) is 0 Å². The van der Waals surface area contributed by atoms with E-state index in [4.69, 9.17) is 10.8 Å². The normalized spacial score (nSPS) is 11.8. The van der Waals surface area contributed by atoms with Gasteiger partial charge in [-0.25, -0.2) is 22.7 Å². The van der Waals surface area contributed by atoms with Crippen molar-refractivity contribution in [3.63, 3.8) is 0 Å². The van der Waals surface area contributed by atoms with Gasteiger partial charge in [-0.3, -0.25) is 0 Å². The first-order chi connectivity index (χ1) is 9.42. The summed E-state index contributed by atoms with van der Waals surface area (Å²) in [6.45, 7) is 5.02. The molecule has 0 spiro atoms. The number of nitrogens with one attached hydrogen (secondary N) is 2. The number of amides is 2. The summed E-state index contributed by atoms with van der Waals surface area (Å²) in [5.41, 5.74) is 4.39. The lowest BCUT2D eigenvalue weighted by molar-refractivity contribution is 0.0692. The second kappa shape index (κ2) is 5.60. The molecule has 0 atom stereocenters. The summed E-state index contributed by atoms with van der Waals surface area (Å²) in [5, 5.41) is 11.4. The zero-order chi connectivity index (χ0) is 16.4. The van der Waals surface area contributed by atoms with Gasteiger partial charge in [0.25, 0.3) is 10.0 Å². The van der Waals surface area contributed by atoms with Crippen molar-refractivity contribution in [2.45, 2.75) is 31.2 Å². The molecule has 0 aromatic heterocycles. The molecule has 2 amide bonds. The largest absolute Gasteiger partial charge is 0.478 e.